The standard InChI is InChI=1S/C21H23BrN2O5S/c22-17-4-6-19(7-5-17)30(26,27)23-18-3-1-2-16(14-18)20(25)24-10-8-15(9-11-24)21-28-12-13-29-21/h1-7,14-15,21,23H,8-13H2. The van der Waals surface area contributed by atoms with Crippen LogP contribution >= 0.6 is 15.9 Å². The van der Waals surface area contributed by atoms with E-state index in [4.69, 9.17) is 9.47 Å². The van der Waals surface area contributed by atoms with Gasteiger partial charge in [0, 0.05) is 34.7 Å². The third-order valence-corrected chi connectivity index (χ3v) is 7.27. The molecule has 7 nitrogen and oxygen atoms in total. The van der Waals surface area contributed by atoms with E-state index in [1.54, 1.807) is 41.3 Å². The van der Waals surface area contributed by atoms with Crippen molar-refractivity contribution in [3.63, 3.8) is 0 Å². The minimum absolute atomic E-state index is 0.105. The molecule has 0 spiro atoms. The van der Waals surface area contributed by atoms with Gasteiger partial charge in [-0.15, -0.1) is 0 Å². The Hall–Kier alpha value is -1.94. The Labute approximate surface area is 184 Å². The molecule has 0 atom stereocenters. The van der Waals surface area contributed by atoms with Crippen molar-refractivity contribution in [1.29, 1.82) is 0 Å². The van der Waals surface area contributed by atoms with Gasteiger partial charge in [-0.05, 0) is 55.3 Å². The first-order valence-corrected chi connectivity index (χ1v) is 12.1. The average molecular weight is 495 g/mol. The highest BCUT2D eigenvalue weighted by Crippen LogP contribution is 2.27. The molecule has 0 aromatic heterocycles. The summed E-state index contributed by atoms with van der Waals surface area (Å²) in [4.78, 5) is 14.9. The van der Waals surface area contributed by atoms with Gasteiger partial charge in [0.25, 0.3) is 15.9 Å². The van der Waals surface area contributed by atoms with Crippen molar-refractivity contribution in [1.82, 2.24) is 4.90 Å². The number of nitrogens with zero attached hydrogens (tertiary/aromatic N) is 1. The van der Waals surface area contributed by atoms with E-state index in [-0.39, 0.29) is 17.1 Å². The second kappa shape index (κ2) is 9.05. The van der Waals surface area contributed by atoms with Crippen LogP contribution in [0.25, 0.3) is 0 Å². The molecule has 2 heterocycles. The Bertz CT molecular complexity index is 998. The molecule has 30 heavy (non-hydrogen) atoms. The van der Waals surface area contributed by atoms with E-state index in [1.807, 2.05) is 0 Å². The van der Waals surface area contributed by atoms with Crippen LogP contribution in [0, 0.1) is 5.92 Å². The lowest BCUT2D eigenvalue weighted by molar-refractivity contribution is -0.0956. The summed E-state index contributed by atoms with van der Waals surface area (Å²) in [6, 6.07) is 13.0. The maximum atomic E-state index is 12.9. The third kappa shape index (κ3) is 4.85. The molecule has 0 aliphatic carbocycles. The van der Waals surface area contributed by atoms with Gasteiger partial charge in [-0.25, -0.2) is 8.42 Å². The fraction of sp³-hybridized carbons (Fsp3) is 0.381. The molecule has 2 aliphatic rings. The molecular weight excluding hydrogens is 472 g/mol. The first kappa shape index (κ1) is 21.3. The molecule has 0 saturated carbocycles. The lowest BCUT2D eigenvalue weighted by Gasteiger charge is -2.34. The number of hydrogen-bond acceptors (Lipinski definition) is 5. The van der Waals surface area contributed by atoms with Crippen LogP contribution in [-0.2, 0) is 19.5 Å². The van der Waals surface area contributed by atoms with Crippen LogP contribution in [0.4, 0.5) is 5.69 Å². The maximum absolute atomic E-state index is 12.9. The number of rotatable bonds is 5. The zero-order valence-electron chi connectivity index (χ0n) is 16.3. The zero-order valence-corrected chi connectivity index (χ0v) is 18.7. The SMILES string of the molecule is O=C(c1cccc(NS(=O)(=O)c2ccc(Br)cc2)c1)N1CCC(C2OCCO2)CC1. The number of hydrogen-bond donors (Lipinski definition) is 1. The molecule has 9 heteroatoms. The third-order valence-electron chi connectivity index (χ3n) is 5.34. The highest BCUT2D eigenvalue weighted by molar-refractivity contribution is 9.10. The van der Waals surface area contributed by atoms with Crippen LogP contribution in [-0.4, -0.2) is 51.8 Å². The van der Waals surface area contributed by atoms with Crippen LogP contribution in [0.5, 0.6) is 0 Å². The van der Waals surface area contributed by atoms with Crippen LogP contribution in [0.1, 0.15) is 23.2 Å². The number of halogens is 1. The highest BCUT2D eigenvalue weighted by Gasteiger charge is 2.32. The van der Waals surface area contributed by atoms with Crippen molar-refractivity contribution >= 4 is 37.5 Å². The van der Waals surface area contributed by atoms with E-state index >= 15 is 0 Å². The van der Waals surface area contributed by atoms with Crippen molar-refractivity contribution in [2.75, 3.05) is 31.0 Å². The van der Waals surface area contributed by atoms with E-state index in [0.717, 1.165) is 17.3 Å². The van der Waals surface area contributed by atoms with Crippen molar-refractivity contribution in [3.05, 3.63) is 58.6 Å². The Morgan fingerprint density at radius 3 is 2.37 bits per heavy atom. The smallest absolute Gasteiger partial charge is 0.261 e. The van der Waals surface area contributed by atoms with Crippen molar-refractivity contribution < 1.29 is 22.7 Å². The van der Waals surface area contributed by atoms with Gasteiger partial charge < -0.3 is 14.4 Å². The minimum atomic E-state index is -3.74. The van der Waals surface area contributed by atoms with Gasteiger partial charge in [-0.1, -0.05) is 22.0 Å². The zero-order chi connectivity index (χ0) is 21.1. The van der Waals surface area contributed by atoms with Gasteiger partial charge in [0.15, 0.2) is 6.29 Å². The molecule has 4 rings (SSSR count). The fourth-order valence-electron chi connectivity index (χ4n) is 3.75. The number of likely N-dealkylation sites (tertiary alicyclic amines) is 1. The molecule has 1 N–H and O–H groups in total. The largest absolute Gasteiger partial charge is 0.350 e. The normalized spacial score (nSPS) is 18.5. The van der Waals surface area contributed by atoms with Gasteiger partial charge in [0.2, 0.25) is 0 Å². The Balaban J connectivity index is 1.41. The molecule has 2 saturated heterocycles. The predicted molar refractivity (Wildman–Crippen MR) is 116 cm³/mol. The van der Waals surface area contributed by atoms with Gasteiger partial charge in [-0.3, -0.25) is 9.52 Å². The number of benzene rings is 2. The molecular formula is C21H23BrN2O5S. The summed E-state index contributed by atoms with van der Waals surface area (Å²) in [6.45, 7) is 2.52. The molecule has 2 aromatic carbocycles. The minimum Gasteiger partial charge on any atom is -0.350 e. The summed E-state index contributed by atoms with van der Waals surface area (Å²) in [5, 5.41) is 0. The van der Waals surface area contributed by atoms with Crippen LogP contribution < -0.4 is 4.72 Å². The summed E-state index contributed by atoms with van der Waals surface area (Å²) in [6.07, 6.45) is 1.50. The number of nitrogens with one attached hydrogen (secondary N) is 1. The Morgan fingerprint density at radius 1 is 1.03 bits per heavy atom. The number of anilines is 1. The number of amides is 1. The van der Waals surface area contributed by atoms with Crippen LogP contribution in [0.3, 0.4) is 0 Å². The topological polar surface area (TPSA) is 84.9 Å². The van der Waals surface area contributed by atoms with E-state index in [1.165, 1.54) is 12.1 Å². The van der Waals surface area contributed by atoms with Gasteiger partial charge >= 0.3 is 0 Å². The summed E-state index contributed by atoms with van der Waals surface area (Å²) >= 11 is 3.29. The summed E-state index contributed by atoms with van der Waals surface area (Å²) in [7, 11) is -3.74. The molecule has 0 radical (unpaired) electrons. The Kier molecular flexibility index (Phi) is 6.43. The van der Waals surface area contributed by atoms with E-state index in [0.29, 0.717) is 43.5 Å². The monoisotopic (exact) mass is 494 g/mol. The average Bonchev–Trinajstić information content (AvgIpc) is 3.28. The first-order chi connectivity index (χ1) is 14.4. The number of ether oxygens (including phenoxy) is 2. The molecule has 0 unspecified atom stereocenters. The summed E-state index contributed by atoms with van der Waals surface area (Å²) in [5.74, 6) is 0.201. The van der Waals surface area contributed by atoms with E-state index in [9.17, 15) is 13.2 Å². The molecule has 2 aliphatic heterocycles. The Morgan fingerprint density at radius 2 is 1.70 bits per heavy atom. The van der Waals surface area contributed by atoms with Gasteiger partial charge in [-0.2, -0.15) is 0 Å². The van der Waals surface area contributed by atoms with Crippen LogP contribution in [0.2, 0.25) is 0 Å². The quantitative estimate of drug-likeness (QED) is 0.687. The first-order valence-electron chi connectivity index (χ1n) is 9.83. The fourth-order valence-corrected chi connectivity index (χ4v) is 5.06. The van der Waals surface area contributed by atoms with E-state index in [2.05, 4.69) is 20.7 Å². The van der Waals surface area contributed by atoms with Gasteiger partial charge in [0.05, 0.1) is 18.1 Å². The maximum Gasteiger partial charge on any atom is 0.261 e. The molecule has 1 amide bonds. The molecule has 2 aromatic rings. The summed E-state index contributed by atoms with van der Waals surface area (Å²) in [5.41, 5.74) is 0.809. The summed E-state index contributed by atoms with van der Waals surface area (Å²) < 4.78 is 39.7. The second-order valence-electron chi connectivity index (χ2n) is 7.38. The number of piperidine rings is 1. The molecule has 160 valence electrons. The predicted octanol–water partition coefficient (Wildman–Crippen LogP) is 3.48. The lowest BCUT2D eigenvalue weighted by Crippen LogP contribution is -2.41. The lowest BCUT2D eigenvalue weighted by atomic mass is 9.95. The number of sulfonamides is 1. The van der Waals surface area contributed by atoms with Crippen LogP contribution in [0.15, 0.2) is 57.9 Å². The molecule has 0 bridgehead atoms. The molecule has 2 fully saturated rings. The number of carbonyl (C=O) groups is 1. The van der Waals surface area contributed by atoms with Gasteiger partial charge in [0.1, 0.15) is 0 Å². The van der Waals surface area contributed by atoms with Crippen molar-refractivity contribution in [2.24, 2.45) is 5.92 Å². The second-order valence-corrected chi connectivity index (χ2v) is 9.98. The van der Waals surface area contributed by atoms with E-state index < -0.39 is 10.0 Å². The highest BCUT2D eigenvalue weighted by atomic mass is 79.9. The van der Waals surface area contributed by atoms with Crippen molar-refractivity contribution in [2.45, 2.75) is 24.0 Å². The number of carbonyl (C=O) groups excluding carboxylic acids is 1. The van der Waals surface area contributed by atoms with Crippen molar-refractivity contribution in [3.8, 4) is 0 Å².